The van der Waals surface area contributed by atoms with Crippen LogP contribution in [0.3, 0.4) is 0 Å². The number of rotatable bonds is 6. The fourth-order valence-corrected chi connectivity index (χ4v) is 4.00. The smallest absolute Gasteiger partial charge is 0.277 e. The summed E-state index contributed by atoms with van der Waals surface area (Å²) in [7, 11) is 0. The summed E-state index contributed by atoms with van der Waals surface area (Å²) in [5.41, 5.74) is 2.07. The lowest BCUT2D eigenvalue weighted by molar-refractivity contribution is -0.113. The number of nitrogens with zero attached hydrogens (tertiary/aromatic N) is 3. The molecule has 1 amide bonds. The minimum atomic E-state index is -0.386. The van der Waals surface area contributed by atoms with Gasteiger partial charge in [0.2, 0.25) is 11.8 Å². The SMILES string of the molecule is O=C(CSc1nnc(-c2ccc(Cl)cc2)o1)Nc1cc(F)ccc1N1CCCCC1. The first kappa shape index (κ1) is 20.7. The molecule has 1 aliphatic rings. The van der Waals surface area contributed by atoms with Gasteiger partial charge in [-0.2, -0.15) is 0 Å². The molecule has 3 aromatic rings. The van der Waals surface area contributed by atoms with Gasteiger partial charge >= 0.3 is 0 Å². The van der Waals surface area contributed by atoms with Crippen molar-refractivity contribution in [2.45, 2.75) is 24.5 Å². The lowest BCUT2D eigenvalue weighted by Gasteiger charge is -2.30. The van der Waals surface area contributed by atoms with E-state index in [1.807, 2.05) is 0 Å². The second kappa shape index (κ2) is 9.49. The number of hydrogen-bond donors (Lipinski definition) is 1. The molecule has 156 valence electrons. The Hall–Kier alpha value is -2.58. The number of hydrogen-bond acceptors (Lipinski definition) is 6. The summed E-state index contributed by atoms with van der Waals surface area (Å²) in [6.07, 6.45) is 3.37. The van der Waals surface area contributed by atoms with E-state index in [4.69, 9.17) is 16.0 Å². The third kappa shape index (κ3) is 5.12. The van der Waals surface area contributed by atoms with E-state index >= 15 is 0 Å². The second-order valence-corrected chi connectivity index (χ2v) is 8.29. The van der Waals surface area contributed by atoms with Crippen molar-refractivity contribution in [3.63, 3.8) is 0 Å². The molecule has 9 heteroatoms. The van der Waals surface area contributed by atoms with Crippen molar-refractivity contribution >= 4 is 40.6 Å². The van der Waals surface area contributed by atoms with Crippen molar-refractivity contribution in [3.05, 3.63) is 53.3 Å². The van der Waals surface area contributed by atoms with Gasteiger partial charge < -0.3 is 14.6 Å². The quantitative estimate of drug-likeness (QED) is 0.521. The molecule has 0 saturated carbocycles. The first-order valence-corrected chi connectivity index (χ1v) is 11.0. The van der Waals surface area contributed by atoms with Crippen molar-refractivity contribution in [1.29, 1.82) is 0 Å². The molecule has 6 nitrogen and oxygen atoms in total. The van der Waals surface area contributed by atoms with E-state index < -0.39 is 0 Å². The number of carbonyl (C=O) groups excluding carboxylic acids is 1. The average Bonchev–Trinajstić information content (AvgIpc) is 3.23. The molecule has 0 bridgehead atoms. The molecule has 1 N–H and O–H groups in total. The molecule has 1 aliphatic heterocycles. The summed E-state index contributed by atoms with van der Waals surface area (Å²) in [6.45, 7) is 1.80. The van der Waals surface area contributed by atoms with Crippen molar-refractivity contribution in [2.24, 2.45) is 0 Å². The molecule has 2 aromatic carbocycles. The largest absolute Gasteiger partial charge is 0.411 e. The van der Waals surface area contributed by atoms with E-state index in [-0.39, 0.29) is 22.7 Å². The molecule has 0 spiro atoms. The van der Waals surface area contributed by atoms with Gasteiger partial charge in [0.25, 0.3) is 5.22 Å². The van der Waals surface area contributed by atoms with E-state index in [0.717, 1.165) is 48.9 Å². The van der Waals surface area contributed by atoms with Crippen LogP contribution in [0.15, 0.2) is 52.1 Å². The van der Waals surface area contributed by atoms with Crippen molar-refractivity contribution in [3.8, 4) is 11.5 Å². The number of anilines is 2. The Kier molecular flexibility index (Phi) is 6.54. The summed E-state index contributed by atoms with van der Waals surface area (Å²) in [5.74, 6) is -0.233. The van der Waals surface area contributed by atoms with Crippen LogP contribution in [0.25, 0.3) is 11.5 Å². The Balaban J connectivity index is 1.38. The predicted molar refractivity (Wildman–Crippen MR) is 117 cm³/mol. The highest BCUT2D eigenvalue weighted by Crippen LogP contribution is 2.30. The van der Waals surface area contributed by atoms with E-state index in [9.17, 15) is 9.18 Å². The van der Waals surface area contributed by atoms with E-state index in [2.05, 4.69) is 20.4 Å². The van der Waals surface area contributed by atoms with E-state index in [1.165, 1.54) is 18.6 Å². The Labute approximate surface area is 182 Å². The molecule has 0 atom stereocenters. The average molecular weight is 447 g/mol. The molecular weight excluding hydrogens is 427 g/mol. The molecule has 4 rings (SSSR count). The Morgan fingerprint density at radius 3 is 2.67 bits per heavy atom. The number of halogens is 2. The van der Waals surface area contributed by atoms with Gasteiger partial charge in [-0.25, -0.2) is 4.39 Å². The molecule has 0 aliphatic carbocycles. The number of amides is 1. The monoisotopic (exact) mass is 446 g/mol. The van der Waals surface area contributed by atoms with Crippen LogP contribution in [0.4, 0.5) is 15.8 Å². The zero-order valence-electron chi connectivity index (χ0n) is 16.1. The number of thioether (sulfide) groups is 1. The predicted octanol–water partition coefficient (Wildman–Crippen LogP) is 5.25. The van der Waals surface area contributed by atoms with Gasteiger partial charge in [-0.1, -0.05) is 23.4 Å². The first-order valence-electron chi connectivity index (χ1n) is 9.65. The Morgan fingerprint density at radius 2 is 1.90 bits per heavy atom. The minimum Gasteiger partial charge on any atom is -0.411 e. The van der Waals surface area contributed by atoms with Crippen LogP contribution in [0.2, 0.25) is 5.02 Å². The maximum Gasteiger partial charge on any atom is 0.277 e. The summed E-state index contributed by atoms with van der Waals surface area (Å²) < 4.78 is 19.4. The van der Waals surface area contributed by atoms with Crippen LogP contribution >= 0.6 is 23.4 Å². The Bertz CT molecular complexity index is 1020. The van der Waals surface area contributed by atoms with Gasteiger partial charge in [-0.05, 0) is 61.7 Å². The van der Waals surface area contributed by atoms with E-state index in [1.54, 1.807) is 30.3 Å². The summed E-state index contributed by atoms with van der Waals surface area (Å²) in [6, 6.07) is 11.5. The fraction of sp³-hybridized carbons (Fsp3) is 0.286. The summed E-state index contributed by atoms with van der Waals surface area (Å²) >= 11 is 7.01. The topological polar surface area (TPSA) is 71.3 Å². The standard InChI is InChI=1S/C21H20ClFN4O2S/c22-15-6-4-14(5-7-15)20-25-26-21(29-20)30-13-19(28)24-17-12-16(23)8-9-18(17)27-10-2-1-3-11-27/h4-9,12H,1-3,10-11,13H2,(H,24,28). The number of nitrogens with one attached hydrogen (secondary N) is 1. The summed E-state index contributed by atoms with van der Waals surface area (Å²) in [5, 5.41) is 11.7. The van der Waals surface area contributed by atoms with Gasteiger partial charge in [0.15, 0.2) is 0 Å². The Morgan fingerprint density at radius 1 is 1.13 bits per heavy atom. The van der Waals surface area contributed by atoms with Crippen molar-refractivity contribution in [2.75, 3.05) is 29.1 Å². The molecule has 0 radical (unpaired) electrons. The second-order valence-electron chi connectivity index (χ2n) is 6.93. The van der Waals surface area contributed by atoms with Crippen LogP contribution in [-0.2, 0) is 4.79 Å². The first-order chi connectivity index (χ1) is 14.6. The normalized spacial score (nSPS) is 14.0. The lowest BCUT2D eigenvalue weighted by Crippen LogP contribution is -2.30. The van der Waals surface area contributed by atoms with Gasteiger partial charge in [0, 0.05) is 23.7 Å². The molecular formula is C21H20ClFN4O2S. The maximum atomic E-state index is 13.8. The number of aromatic nitrogens is 2. The van der Waals surface area contributed by atoms with Gasteiger partial charge in [0.05, 0.1) is 17.1 Å². The molecule has 2 heterocycles. The van der Waals surface area contributed by atoms with Crippen molar-refractivity contribution < 1.29 is 13.6 Å². The maximum absolute atomic E-state index is 13.8. The van der Waals surface area contributed by atoms with Gasteiger partial charge in [-0.15, -0.1) is 10.2 Å². The molecule has 1 fully saturated rings. The third-order valence-electron chi connectivity index (χ3n) is 4.75. The molecule has 30 heavy (non-hydrogen) atoms. The number of benzene rings is 2. The number of piperidine rings is 1. The zero-order valence-corrected chi connectivity index (χ0v) is 17.7. The number of carbonyl (C=O) groups is 1. The highest BCUT2D eigenvalue weighted by Gasteiger charge is 2.17. The zero-order chi connectivity index (χ0) is 20.9. The summed E-state index contributed by atoms with van der Waals surface area (Å²) in [4.78, 5) is 14.7. The van der Waals surface area contributed by atoms with Crippen molar-refractivity contribution in [1.82, 2.24) is 10.2 Å². The fourth-order valence-electron chi connectivity index (χ4n) is 3.31. The molecule has 1 aromatic heterocycles. The van der Waals surface area contributed by atoms with Crippen LogP contribution in [0, 0.1) is 5.82 Å². The van der Waals surface area contributed by atoms with Crippen LogP contribution in [-0.4, -0.2) is 34.9 Å². The highest BCUT2D eigenvalue weighted by atomic mass is 35.5. The van der Waals surface area contributed by atoms with E-state index in [0.29, 0.717) is 16.6 Å². The van der Waals surface area contributed by atoms with Crippen LogP contribution < -0.4 is 10.2 Å². The van der Waals surface area contributed by atoms with Crippen LogP contribution in [0.1, 0.15) is 19.3 Å². The minimum absolute atomic E-state index is 0.0677. The van der Waals surface area contributed by atoms with Gasteiger partial charge in [-0.3, -0.25) is 4.79 Å². The van der Waals surface area contributed by atoms with Crippen LogP contribution in [0.5, 0.6) is 0 Å². The molecule has 0 unspecified atom stereocenters. The lowest BCUT2D eigenvalue weighted by atomic mass is 10.1. The third-order valence-corrected chi connectivity index (χ3v) is 5.82. The molecule has 1 saturated heterocycles. The van der Waals surface area contributed by atoms with Gasteiger partial charge in [0.1, 0.15) is 5.82 Å². The highest BCUT2D eigenvalue weighted by molar-refractivity contribution is 7.99.